The maximum atomic E-state index is 12.4. The summed E-state index contributed by atoms with van der Waals surface area (Å²) >= 11 is 6.07. The van der Waals surface area contributed by atoms with Crippen LogP contribution in [0.25, 0.3) is 0 Å². The fourth-order valence-electron chi connectivity index (χ4n) is 2.61. The number of likely N-dealkylation sites (tertiary alicyclic amines) is 1. The van der Waals surface area contributed by atoms with E-state index in [-0.39, 0.29) is 18.8 Å². The highest BCUT2D eigenvalue weighted by Gasteiger charge is 2.33. The molecule has 0 spiro atoms. The smallest absolute Gasteiger partial charge is 0.254 e. The van der Waals surface area contributed by atoms with Gasteiger partial charge in [-0.15, -0.1) is 0 Å². The Morgan fingerprint density at radius 2 is 1.91 bits per heavy atom. The summed E-state index contributed by atoms with van der Waals surface area (Å²) in [5, 5.41) is 0.577. The minimum atomic E-state index is -0.0395. The van der Waals surface area contributed by atoms with E-state index in [2.05, 4.69) is 0 Å². The lowest BCUT2D eigenvalue weighted by molar-refractivity contribution is 0.0178. The van der Waals surface area contributed by atoms with Gasteiger partial charge in [0.15, 0.2) is 11.5 Å². The SMILES string of the molecule is O=C(c1ccc2c(c1)OCO2)N1CC(Oc2ccccc2Cl)C1. The van der Waals surface area contributed by atoms with Crippen LogP contribution in [0.3, 0.4) is 0 Å². The van der Waals surface area contributed by atoms with E-state index in [1.165, 1.54) is 0 Å². The molecule has 4 rings (SSSR count). The molecule has 1 amide bonds. The van der Waals surface area contributed by atoms with E-state index in [0.717, 1.165) is 0 Å². The molecule has 2 aromatic rings. The van der Waals surface area contributed by atoms with Crippen molar-refractivity contribution in [2.45, 2.75) is 6.10 Å². The van der Waals surface area contributed by atoms with E-state index in [1.54, 1.807) is 29.2 Å². The van der Waals surface area contributed by atoms with Crippen LogP contribution in [0, 0.1) is 0 Å². The van der Waals surface area contributed by atoms with Crippen molar-refractivity contribution in [1.29, 1.82) is 0 Å². The Hall–Kier alpha value is -2.40. The van der Waals surface area contributed by atoms with Crippen molar-refractivity contribution in [3.8, 4) is 17.2 Å². The van der Waals surface area contributed by atoms with Gasteiger partial charge in [0.25, 0.3) is 5.91 Å². The lowest BCUT2D eigenvalue weighted by Gasteiger charge is -2.39. The summed E-state index contributed by atoms with van der Waals surface area (Å²) in [4.78, 5) is 14.2. The zero-order chi connectivity index (χ0) is 15.8. The van der Waals surface area contributed by atoms with Crippen LogP contribution in [0.15, 0.2) is 42.5 Å². The molecule has 0 radical (unpaired) electrons. The third-order valence-corrected chi connectivity index (χ3v) is 4.20. The van der Waals surface area contributed by atoms with Crippen LogP contribution >= 0.6 is 11.6 Å². The molecule has 1 saturated heterocycles. The summed E-state index contributed by atoms with van der Waals surface area (Å²) in [7, 11) is 0. The van der Waals surface area contributed by atoms with Gasteiger partial charge >= 0.3 is 0 Å². The van der Waals surface area contributed by atoms with Gasteiger partial charge in [-0.2, -0.15) is 0 Å². The Labute approximate surface area is 138 Å². The van der Waals surface area contributed by atoms with E-state index in [9.17, 15) is 4.79 Å². The molecule has 118 valence electrons. The van der Waals surface area contributed by atoms with Gasteiger partial charge in [-0.05, 0) is 30.3 Å². The summed E-state index contributed by atoms with van der Waals surface area (Å²) in [5.74, 6) is 1.89. The second-order valence-corrected chi connectivity index (χ2v) is 5.86. The Kier molecular flexibility index (Phi) is 3.50. The van der Waals surface area contributed by atoms with Crippen LogP contribution in [0.1, 0.15) is 10.4 Å². The van der Waals surface area contributed by atoms with E-state index in [4.69, 9.17) is 25.8 Å². The molecule has 0 atom stereocenters. The highest BCUT2D eigenvalue weighted by molar-refractivity contribution is 6.32. The number of halogens is 1. The first-order valence-electron chi connectivity index (χ1n) is 7.31. The molecule has 23 heavy (non-hydrogen) atoms. The number of rotatable bonds is 3. The Morgan fingerprint density at radius 1 is 1.13 bits per heavy atom. The number of carbonyl (C=O) groups is 1. The normalized spacial score (nSPS) is 16.1. The van der Waals surface area contributed by atoms with Gasteiger partial charge in [0.2, 0.25) is 6.79 Å². The first-order valence-corrected chi connectivity index (χ1v) is 7.68. The van der Waals surface area contributed by atoms with Crippen LogP contribution in [-0.4, -0.2) is 36.8 Å². The standard InChI is InChI=1S/C17H14ClNO4/c18-13-3-1-2-4-14(13)23-12-8-19(9-12)17(20)11-5-6-15-16(7-11)22-10-21-15/h1-7,12H,8-10H2. The van der Waals surface area contributed by atoms with Crippen molar-refractivity contribution >= 4 is 17.5 Å². The van der Waals surface area contributed by atoms with Gasteiger partial charge in [0.05, 0.1) is 18.1 Å². The molecule has 2 aromatic carbocycles. The molecule has 0 saturated carbocycles. The van der Waals surface area contributed by atoms with Gasteiger partial charge in [0.1, 0.15) is 11.9 Å². The number of nitrogens with zero attached hydrogens (tertiary/aromatic N) is 1. The molecule has 0 aliphatic carbocycles. The number of carbonyl (C=O) groups excluding carboxylic acids is 1. The molecule has 0 bridgehead atoms. The van der Waals surface area contributed by atoms with Gasteiger partial charge in [0, 0.05) is 5.56 Å². The number of fused-ring (bicyclic) bond motifs is 1. The second kappa shape index (κ2) is 5.66. The van der Waals surface area contributed by atoms with E-state index >= 15 is 0 Å². The lowest BCUT2D eigenvalue weighted by Crippen LogP contribution is -2.56. The fourth-order valence-corrected chi connectivity index (χ4v) is 2.79. The van der Waals surface area contributed by atoms with Gasteiger partial charge in [-0.25, -0.2) is 0 Å². The quantitative estimate of drug-likeness (QED) is 0.867. The Morgan fingerprint density at radius 3 is 2.74 bits per heavy atom. The minimum Gasteiger partial charge on any atom is -0.485 e. The fraction of sp³-hybridized carbons (Fsp3) is 0.235. The zero-order valence-corrected chi connectivity index (χ0v) is 13.0. The van der Waals surface area contributed by atoms with Crippen LogP contribution in [0.2, 0.25) is 5.02 Å². The number of amides is 1. The van der Waals surface area contributed by atoms with Crippen molar-refractivity contribution in [2.24, 2.45) is 0 Å². The topological polar surface area (TPSA) is 48.0 Å². The van der Waals surface area contributed by atoms with Crippen LogP contribution in [0.4, 0.5) is 0 Å². The third-order valence-electron chi connectivity index (χ3n) is 3.89. The molecule has 2 aliphatic heterocycles. The molecule has 5 nitrogen and oxygen atoms in total. The van der Waals surface area contributed by atoms with E-state index < -0.39 is 0 Å². The molecule has 2 heterocycles. The molecule has 6 heteroatoms. The monoisotopic (exact) mass is 331 g/mol. The van der Waals surface area contributed by atoms with Gasteiger partial charge < -0.3 is 19.1 Å². The number of ether oxygens (including phenoxy) is 3. The molecule has 1 fully saturated rings. The molecule has 2 aliphatic rings. The van der Waals surface area contributed by atoms with Crippen LogP contribution in [0.5, 0.6) is 17.2 Å². The number of para-hydroxylation sites is 1. The zero-order valence-electron chi connectivity index (χ0n) is 12.2. The second-order valence-electron chi connectivity index (χ2n) is 5.45. The average Bonchev–Trinajstić information content (AvgIpc) is 2.99. The first-order chi connectivity index (χ1) is 11.2. The Bertz CT molecular complexity index is 758. The van der Waals surface area contributed by atoms with E-state index in [0.29, 0.717) is 40.9 Å². The molecular weight excluding hydrogens is 318 g/mol. The molecule has 0 unspecified atom stereocenters. The van der Waals surface area contributed by atoms with Crippen molar-refractivity contribution in [2.75, 3.05) is 19.9 Å². The first kappa shape index (κ1) is 14.2. The number of hydrogen-bond donors (Lipinski definition) is 0. The number of benzene rings is 2. The van der Waals surface area contributed by atoms with Crippen molar-refractivity contribution < 1.29 is 19.0 Å². The maximum Gasteiger partial charge on any atom is 0.254 e. The van der Waals surface area contributed by atoms with Gasteiger partial charge in [-0.1, -0.05) is 23.7 Å². The highest BCUT2D eigenvalue weighted by Crippen LogP contribution is 2.33. The summed E-state index contributed by atoms with van der Waals surface area (Å²) in [6.07, 6.45) is -0.0344. The number of hydrogen-bond acceptors (Lipinski definition) is 4. The predicted molar refractivity (Wildman–Crippen MR) is 84.3 cm³/mol. The third kappa shape index (κ3) is 2.68. The predicted octanol–water partition coefficient (Wildman–Crippen LogP) is 2.97. The summed E-state index contributed by atoms with van der Waals surface area (Å²) in [5.41, 5.74) is 0.588. The van der Waals surface area contributed by atoms with Crippen LogP contribution in [-0.2, 0) is 0 Å². The molecule has 0 aromatic heterocycles. The Balaban J connectivity index is 1.38. The van der Waals surface area contributed by atoms with Crippen LogP contribution < -0.4 is 14.2 Å². The van der Waals surface area contributed by atoms with Crippen molar-refractivity contribution in [3.05, 3.63) is 53.1 Å². The summed E-state index contributed by atoms with van der Waals surface area (Å²) in [6.45, 7) is 1.28. The molecular formula is C17H14ClNO4. The van der Waals surface area contributed by atoms with E-state index in [1.807, 2.05) is 18.2 Å². The van der Waals surface area contributed by atoms with Gasteiger partial charge in [-0.3, -0.25) is 4.79 Å². The average molecular weight is 332 g/mol. The van der Waals surface area contributed by atoms with Crippen molar-refractivity contribution in [3.63, 3.8) is 0 Å². The minimum absolute atomic E-state index is 0.0344. The maximum absolute atomic E-state index is 12.4. The lowest BCUT2D eigenvalue weighted by atomic mass is 10.1. The summed E-state index contributed by atoms with van der Waals surface area (Å²) < 4.78 is 16.4. The largest absolute Gasteiger partial charge is 0.485 e. The molecule has 0 N–H and O–H groups in total. The summed E-state index contributed by atoms with van der Waals surface area (Å²) in [6, 6.07) is 12.6. The highest BCUT2D eigenvalue weighted by atomic mass is 35.5. The van der Waals surface area contributed by atoms with Crippen molar-refractivity contribution in [1.82, 2.24) is 4.90 Å².